The zero-order valence-corrected chi connectivity index (χ0v) is 20.9. The summed E-state index contributed by atoms with van der Waals surface area (Å²) in [5.41, 5.74) is 8.34. The van der Waals surface area contributed by atoms with Gasteiger partial charge < -0.3 is 15.8 Å². The molecule has 0 saturated heterocycles. The van der Waals surface area contributed by atoms with E-state index in [1.54, 1.807) is 18.2 Å². The van der Waals surface area contributed by atoms with E-state index in [1.165, 1.54) is 36.7 Å². The van der Waals surface area contributed by atoms with Crippen LogP contribution in [0.5, 0.6) is 11.5 Å². The molecular weight excluding hydrogens is 488 g/mol. The number of nitrogens with one attached hydrogen (secondary N) is 1. The SMILES string of the molecule is C=CC(=O)N[C@H]1CCC(CC2CCN=C(c3ccc(Oc4cccc(F)c4)cc3F)c3c(N)ncnc32)C1. The summed E-state index contributed by atoms with van der Waals surface area (Å²) in [5, 5.41) is 3.00. The first-order valence-corrected chi connectivity index (χ1v) is 12.7. The van der Waals surface area contributed by atoms with Crippen molar-refractivity contribution in [2.75, 3.05) is 12.3 Å². The van der Waals surface area contributed by atoms with E-state index in [2.05, 4.69) is 21.9 Å². The first-order chi connectivity index (χ1) is 18.4. The van der Waals surface area contributed by atoms with Gasteiger partial charge in [-0.15, -0.1) is 0 Å². The number of nitrogens with zero attached hydrogens (tertiary/aromatic N) is 3. The van der Waals surface area contributed by atoms with E-state index in [1.807, 2.05) is 0 Å². The van der Waals surface area contributed by atoms with E-state index in [0.29, 0.717) is 23.7 Å². The van der Waals surface area contributed by atoms with Crippen molar-refractivity contribution in [3.05, 3.63) is 89.9 Å². The number of benzene rings is 2. The number of ether oxygens (including phenoxy) is 1. The van der Waals surface area contributed by atoms with Gasteiger partial charge in [0.2, 0.25) is 5.91 Å². The molecular formula is C29H29F2N5O2. The van der Waals surface area contributed by atoms with Gasteiger partial charge in [-0.1, -0.05) is 12.6 Å². The molecule has 7 nitrogen and oxygen atoms in total. The number of rotatable bonds is 7. The molecule has 3 aromatic rings. The van der Waals surface area contributed by atoms with E-state index < -0.39 is 11.6 Å². The molecule has 1 fully saturated rings. The Morgan fingerprint density at radius 1 is 1.13 bits per heavy atom. The molecule has 0 spiro atoms. The molecule has 1 aliphatic carbocycles. The Bertz CT molecular complexity index is 1390. The third-order valence-electron chi connectivity index (χ3n) is 7.20. The summed E-state index contributed by atoms with van der Waals surface area (Å²) >= 11 is 0. The fourth-order valence-corrected chi connectivity index (χ4v) is 5.46. The molecule has 1 aromatic heterocycles. The number of nitrogen functional groups attached to an aromatic ring is 1. The number of aromatic nitrogens is 2. The molecule has 1 saturated carbocycles. The van der Waals surface area contributed by atoms with E-state index in [0.717, 1.165) is 37.8 Å². The Morgan fingerprint density at radius 2 is 1.97 bits per heavy atom. The quantitative estimate of drug-likeness (QED) is 0.413. The van der Waals surface area contributed by atoms with Crippen LogP contribution < -0.4 is 15.8 Å². The first kappa shape index (κ1) is 25.5. The summed E-state index contributed by atoms with van der Waals surface area (Å²) in [6.45, 7) is 4.01. The number of nitrogens with two attached hydrogens (primary N) is 1. The van der Waals surface area contributed by atoms with Crippen molar-refractivity contribution >= 4 is 17.4 Å². The zero-order chi connectivity index (χ0) is 26.6. The average molecular weight is 518 g/mol. The van der Waals surface area contributed by atoms with Gasteiger partial charge in [-0.3, -0.25) is 9.79 Å². The minimum absolute atomic E-state index is 0.0778. The van der Waals surface area contributed by atoms with Crippen LogP contribution in [0.3, 0.4) is 0 Å². The fourth-order valence-electron chi connectivity index (χ4n) is 5.46. The number of halogens is 2. The van der Waals surface area contributed by atoms with Gasteiger partial charge in [-0.25, -0.2) is 18.7 Å². The highest BCUT2D eigenvalue weighted by Gasteiger charge is 2.32. The lowest BCUT2D eigenvalue weighted by Crippen LogP contribution is -2.31. The van der Waals surface area contributed by atoms with Crippen LogP contribution in [0.1, 0.15) is 54.8 Å². The normalized spacial score (nSPS) is 20.7. The van der Waals surface area contributed by atoms with Crippen molar-refractivity contribution in [3.63, 3.8) is 0 Å². The standard InChI is InChI=1S/C29H29F2N5O2/c1-2-25(37)36-20-7-6-17(13-20)12-18-10-11-33-28(26-27(18)34-16-35-29(26)32)23-9-8-22(15-24(23)31)38-21-5-3-4-19(30)14-21/h2-5,8-9,14-18,20H,1,6-7,10-13H2,(H,36,37)(H2,32,34,35)/t17?,18?,20-/m0/s1. The predicted octanol–water partition coefficient (Wildman–Crippen LogP) is 5.32. The van der Waals surface area contributed by atoms with Crippen molar-refractivity contribution in [2.24, 2.45) is 10.9 Å². The van der Waals surface area contributed by atoms with Gasteiger partial charge in [0, 0.05) is 36.2 Å². The highest BCUT2D eigenvalue weighted by molar-refractivity contribution is 6.16. The van der Waals surface area contributed by atoms with Crippen molar-refractivity contribution in [1.29, 1.82) is 0 Å². The maximum atomic E-state index is 15.4. The van der Waals surface area contributed by atoms with E-state index in [4.69, 9.17) is 15.5 Å². The molecule has 3 N–H and O–H groups in total. The molecule has 2 aromatic carbocycles. The summed E-state index contributed by atoms with van der Waals surface area (Å²) in [4.78, 5) is 25.2. The number of fused-ring (bicyclic) bond motifs is 1. The largest absolute Gasteiger partial charge is 0.457 e. The second-order valence-corrected chi connectivity index (χ2v) is 9.76. The molecule has 3 atom stereocenters. The Kier molecular flexibility index (Phi) is 7.44. The Labute approximate surface area is 219 Å². The van der Waals surface area contributed by atoms with E-state index >= 15 is 4.39 Å². The van der Waals surface area contributed by atoms with E-state index in [-0.39, 0.29) is 40.7 Å². The minimum atomic E-state index is -0.540. The van der Waals surface area contributed by atoms with Crippen molar-refractivity contribution in [3.8, 4) is 11.5 Å². The molecule has 0 radical (unpaired) electrons. The summed E-state index contributed by atoms with van der Waals surface area (Å²) in [6, 6.07) is 10.3. The number of hydrogen-bond acceptors (Lipinski definition) is 6. The molecule has 2 aliphatic rings. The van der Waals surface area contributed by atoms with Crippen molar-refractivity contribution < 1.29 is 18.3 Å². The molecule has 9 heteroatoms. The van der Waals surface area contributed by atoms with Gasteiger partial charge in [0.05, 0.1) is 17.0 Å². The highest BCUT2D eigenvalue weighted by atomic mass is 19.1. The Balaban J connectivity index is 1.38. The predicted molar refractivity (Wildman–Crippen MR) is 141 cm³/mol. The van der Waals surface area contributed by atoms with Crippen LogP contribution in [0.2, 0.25) is 0 Å². The summed E-state index contributed by atoms with van der Waals surface area (Å²) in [6.07, 6.45) is 7.17. The lowest BCUT2D eigenvalue weighted by molar-refractivity contribution is -0.117. The summed E-state index contributed by atoms with van der Waals surface area (Å²) in [5.74, 6) is 0.121. The fraction of sp³-hybridized carbons (Fsp3) is 0.310. The monoisotopic (exact) mass is 517 g/mol. The van der Waals surface area contributed by atoms with Crippen LogP contribution in [0.25, 0.3) is 0 Å². The average Bonchev–Trinajstić information content (AvgIpc) is 3.24. The molecule has 196 valence electrons. The van der Waals surface area contributed by atoms with Crippen LogP contribution in [0.15, 0.2) is 66.4 Å². The van der Waals surface area contributed by atoms with Gasteiger partial charge in [0.15, 0.2) is 0 Å². The van der Waals surface area contributed by atoms with Crippen LogP contribution in [0.4, 0.5) is 14.6 Å². The van der Waals surface area contributed by atoms with Crippen molar-refractivity contribution in [1.82, 2.24) is 15.3 Å². The molecule has 1 amide bonds. The summed E-state index contributed by atoms with van der Waals surface area (Å²) in [7, 11) is 0. The molecule has 0 bridgehead atoms. The molecule has 1 aliphatic heterocycles. The number of anilines is 1. The number of amides is 1. The second-order valence-electron chi connectivity index (χ2n) is 9.76. The first-order valence-electron chi connectivity index (χ1n) is 12.7. The Morgan fingerprint density at radius 3 is 2.76 bits per heavy atom. The van der Waals surface area contributed by atoms with Gasteiger partial charge in [0.25, 0.3) is 0 Å². The lowest BCUT2D eigenvalue weighted by Gasteiger charge is -2.21. The second kappa shape index (κ2) is 11.1. The maximum Gasteiger partial charge on any atom is 0.243 e. The van der Waals surface area contributed by atoms with Crippen LogP contribution >= 0.6 is 0 Å². The van der Waals surface area contributed by atoms with Gasteiger partial charge >= 0.3 is 0 Å². The topological polar surface area (TPSA) is 102 Å². The Hall–Kier alpha value is -4.14. The molecule has 2 unspecified atom stereocenters. The number of aliphatic imine (C=N–C) groups is 1. The van der Waals surface area contributed by atoms with Crippen LogP contribution in [0, 0.1) is 17.6 Å². The zero-order valence-electron chi connectivity index (χ0n) is 20.9. The van der Waals surface area contributed by atoms with Crippen LogP contribution in [-0.2, 0) is 4.79 Å². The number of carbonyl (C=O) groups excluding carboxylic acids is 1. The molecule has 5 rings (SSSR count). The number of hydrogen-bond donors (Lipinski definition) is 2. The van der Waals surface area contributed by atoms with Gasteiger partial charge in [-0.2, -0.15) is 0 Å². The van der Waals surface area contributed by atoms with Crippen molar-refractivity contribution in [2.45, 2.75) is 44.1 Å². The number of carbonyl (C=O) groups is 1. The highest BCUT2D eigenvalue weighted by Crippen LogP contribution is 2.39. The van der Waals surface area contributed by atoms with Gasteiger partial charge in [0.1, 0.15) is 35.3 Å². The lowest BCUT2D eigenvalue weighted by atomic mass is 9.86. The minimum Gasteiger partial charge on any atom is -0.457 e. The smallest absolute Gasteiger partial charge is 0.243 e. The van der Waals surface area contributed by atoms with Crippen LogP contribution in [-0.4, -0.2) is 34.2 Å². The summed E-state index contributed by atoms with van der Waals surface area (Å²) < 4.78 is 34.6. The third kappa shape index (κ3) is 5.56. The molecule has 2 heterocycles. The van der Waals surface area contributed by atoms with E-state index in [9.17, 15) is 9.18 Å². The van der Waals surface area contributed by atoms with Gasteiger partial charge in [-0.05, 0) is 68.4 Å². The maximum absolute atomic E-state index is 15.4. The third-order valence-corrected chi connectivity index (χ3v) is 7.20. The molecule has 38 heavy (non-hydrogen) atoms.